The van der Waals surface area contributed by atoms with Gasteiger partial charge in [0.2, 0.25) is 5.95 Å². The van der Waals surface area contributed by atoms with Gasteiger partial charge in [-0.05, 0) is 74.1 Å². The number of hydrogen-bond acceptors (Lipinski definition) is 9. The number of pyridine rings is 1. The summed E-state index contributed by atoms with van der Waals surface area (Å²) in [6, 6.07) is 8.97. The van der Waals surface area contributed by atoms with Gasteiger partial charge in [-0.1, -0.05) is 6.07 Å². The molecule has 0 saturated heterocycles. The van der Waals surface area contributed by atoms with Gasteiger partial charge in [0, 0.05) is 24.1 Å². The van der Waals surface area contributed by atoms with Crippen LogP contribution in [0.1, 0.15) is 52.4 Å². The second-order valence-corrected chi connectivity index (χ2v) is 10.7. The first-order valence-electron chi connectivity index (χ1n) is 12.4. The van der Waals surface area contributed by atoms with Crippen molar-refractivity contribution in [3.05, 3.63) is 76.9 Å². The molecule has 0 spiro atoms. The number of aromatic nitrogens is 4. The van der Waals surface area contributed by atoms with E-state index in [1.54, 1.807) is 18.3 Å². The Hall–Kier alpha value is -4.10. The van der Waals surface area contributed by atoms with Crippen LogP contribution in [-0.2, 0) is 11.8 Å². The molecule has 0 radical (unpaired) electrons. The summed E-state index contributed by atoms with van der Waals surface area (Å²) >= 11 is 1.34. The fraction of sp³-hybridized carbons (Fsp3) is 0.296. The zero-order chi connectivity index (χ0) is 28.5. The average molecular weight is 571 g/mol. The van der Waals surface area contributed by atoms with Crippen molar-refractivity contribution < 1.29 is 28.2 Å². The van der Waals surface area contributed by atoms with Gasteiger partial charge in [0.05, 0.1) is 11.1 Å². The average Bonchev–Trinajstić information content (AvgIpc) is 3.41. The van der Waals surface area contributed by atoms with Crippen molar-refractivity contribution in [1.29, 1.82) is 0 Å². The van der Waals surface area contributed by atoms with Crippen molar-refractivity contribution in [2.45, 2.75) is 50.4 Å². The summed E-state index contributed by atoms with van der Waals surface area (Å²) in [7, 11) is 0. The summed E-state index contributed by atoms with van der Waals surface area (Å²) in [5, 5.41) is 27.1. The van der Waals surface area contributed by atoms with E-state index in [1.807, 2.05) is 13.0 Å². The Morgan fingerprint density at radius 3 is 2.55 bits per heavy atom. The van der Waals surface area contributed by atoms with Crippen molar-refractivity contribution in [2.75, 3.05) is 5.32 Å². The summed E-state index contributed by atoms with van der Waals surface area (Å²) in [5.74, 6) is -0.535. The third-order valence-electron chi connectivity index (χ3n) is 6.60. The minimum Gasteiger partial charge on any atom is -0.506 e. The maximum atomic E-state index is 13.0. The molecule has 4 N–H and O–H groups in total. The van der Waals surface area contributed by atoms with Crippen LogP contribution in [0.3, 0.4) is 0 Å². The zero-order valence-corrected chi connectivity index (χ0v) is 22.1. The number of benzene rings is 1. The van der Waals surface area contributed by atoms with E-state index >= 15 is 0 Å². The Labute approximate surface area is 231 Å². The van der Waals surface area contributed by atoms with Crippen LogP contribution in [0.2, 0.25) is 0 Å². The molecule has 1 saturated carbocycles. The van der Waals surface area contributed by atoms with E-state index in [2.05, 4.69) is 30.6 Å². The molecule has 0 unspecified atom stereocenters. The van der Waals surface area contributed by atoms with Crippen molar-refractivity contribution in [2.24, 2.45) is 0 Å². The number of alkyl halides is 3. The number of aliphatic hydroxyl groups is 1. The molecule has 3 heterocycles. The van der Waals surface area contributed by atoms with Gasteiger partial charge >= 0.3 is 6.18 Å². The van der Waals surface area contributed by atoms with Gasteiger partial charge < -0.3 is 20.8 Å². The molecule has 3 aromatic heterocycles. The van der Waals surface area contributed by atoms with E-state index in [0.717, 1.165) is 28.3 Å². The topological polar surface area (TPSA) is 133 Å². The lowest BCUT2D eigenvalue weighted by Crippen LogP contribution is -2.42. The van der Waals surface area contributed by atoms with Crippen LogP contribution in [0.4, 0.5) is 24.8 Å². The second kappa shape index (κ2) is 10.8. The number of nitrogens with zero attached hydrogens (tertiary/aromatic N) is 4. The molecule has 4 aromatic rings. The summed E-state index contributed by atoms with van der Waals surface area (Å²) < 4.78 is 39.1. The van der Waals surface area contributed by atoms with Crippen LogP contribution in [0, 0.1) is 6.92 Å². The second-order valence-electron chi connectivity index (χ2n) is 9.69. The van der Waals surface area contributed by atoms with E-state index in [0.29, 0.717) is 36.4 Å². The summed E-state index contributed by atoms with van der Waals surface area (Å²) in [4.78, 5) is 29.1. The standard InChI is InChI=1S/C27H25F3N6O3S/c1-15-10-16(12-18(11-15)35-25-31-9-6-22(36-25)27(28,29)30)21-14-33-24(40-21)26(39)7-4-17(5-8-26)34-23(38)20-3-2-19(37)13-32-20/h2-3,6,9-14,17,37,39H,4-5,7-8H2,1H3,(H,34,38)(H,31,35,36)/t17-,26-. The Balaban J connectivity index is 1.26. The molecule has 0 atom stereocenters. The molecular weight excluding hydrogens is 545 g/mol. The molecule has 13 heteroatoms. The van der Waals surface area contributed by atoms with Crippen molar-refractivity contribution in [3.63, 3.8) is 0 Å². The van der Waals surface area contributed by atoms with E-state index < -0.39 is 17.5 Å². The highest BCUT2D eigenvalue weighted by atomic mass is 32.1. The van der Waals surface area contributed by atoms with Gasteiger partial charge in [-0.25, -0.2) is 19.9 Å². The molecule has 1 amide bonds. The maximum Gasteiger partial charge on any atom is 0.433 e. The van der Waals surface area contributed by atoms with Crippen LogP contribution >= 0.6 is 11.3 Å². The molecule has 40 heavy (non-hydrogen) atoms. The third kappa shape index (κ3) is 6.20. The van der Waals surface area contributed by atoms with E-state index in [4.69, 9.17) is 0 Å². The molecule has 1 aromatic carbocycles. The summed E-state index contributed by atoms with van der Waals surface area (Å²) in [5.41, 5.74) is 0.184. The SMILES string of the molecule is Cc1cc(Nc2nccc(C(F)(F)F)n2)cc(-c2cnc([C@]3(O)CC[C@H](NC(=O)c4ccc(O)cn4)CC3)s2)c1. The molecule has 0 aliphatic heterocycles. The van der Waals surface area contributed by atoms with E-state index in [-0.39, 0.29) is 29.3 Å². The number of anilines is 2. The first-order chi connectivity index (χ1) is 19.0. The van der Waals surface area contributed by atoms with Gasteiger partial charge in [-0.15, -0.1) is 11.3 Å². The number of thiazole rings is 1. The monoisotopic (exact) mass is 570 g/mol. The highest BCUT2D eigenvalue weighted by Crippen LogP contribution is 2.41. The maximum absolute atomic E-state index is 13.0. The number of hydrogen-bond donors (Lipinski definition) is 4. The lowest BCUT2D eigenvalue weighted by Gasteiger charge is -2.34. The highest BCUT2D eigenvalue weighted by molar-refractivity contribution is 7.15. The lowest BCUT2D eigenvalue weighted by molar-refractivity contribution is -0.141. The van der Waals surface area contributed by atoms with Gasteiger partial charge in [0.1, 0.15) is 27.7 Å². The van der Waals surface area contributed by atoms with Crippen molar-refractivity contribution in [1.82, 2.24) is 25.3 Å². The molecule has 1 aliphatic rings. The van der Waals surface area contributed by atoms with E-state index in [1.165, 1.54) is 29.7 Å². The molecular formula is C27H25F3N6O3S. The van der Waals surface area contributed by atoms with Crippen LogP contribution in [0.15, 0.2) is 55.0 Å². The first-order valence-corrected chi connectivity index (χ1v) is 13.2. The minimum absolute atomic E-state index is 0.0232. The number of halogens is 3. The molecule has 5 rings (SSSR count). The summed E-state index contributed by atoms with van der Waals surface area (Å²) in [6.45, 7) is 1.86. The van der Waals surface area contributed by atoms with Crippen molar-refractivity contribution in [3.8, 4) is 16.2 Å². The molecule has 1 aliphatic carbocycles. The van der Waals surface area contributed by atoms with E-state index in [9.17, 15) is 28.2 Å². The predicted molar refractivity (Wildman–Crippen MR) is 142 cm³/mol. The Morgan fingerprint density at radius 1 is 1.07 bits per heavy atom. The highest BCUT2D eigenvalue weighted by Gasteiger charge is 2.38. The Bertz CT molecular complexity index is 1520. The molecule has 0 bridgehead atoms. The normalized spacial score (nSPS) is 19.3. The molecule has 9 nitrogen and oxygen atoms in total. The quantitative estimate of drug-likeness (QED) is 0.245. The number of rotatable bonds is 6. The Morgan fingerprint density at radius 2 is 1.85 bits per heavy atom. The fourth-order valence-electron chi connectivity index (χ4n) is 4.56. The molecule has 208 valence electrons. The van der Waals surface area contributed by atoms with Crippen LogP contribution < -0.4 is 10.6 Å². The zero-order valence-electron chi connectivity index (χ0n) is 21.2. The van der Waals surface area contributed by atoms with Gasteiger partial charge in [-0.2, -0.15) is 13.2 Å². The van der Waals surface area contributed by atoms with Gasteiger partial charge in [0.15, 0.2) is 0 Å². The smallest absolute Gasteiger partial charge is 0.433 e. The Kier molecular flexibility index (Phi) is 7.43. The fourth-order valence-corrected chi connectivity index (χ4v) is 5.61. The van der Waals surface area contributed by atoms with Crippen LogP contribution in [-0.4, -0.2) is 42.1 Å². The van der Waals surface area contributed by atoms with Gasteiger partial charge in [-0.3, -0.25) is 4.79 Å². The number of carbonyl (C=O) groups excluding carboxylic acids is 1. The van der Waals surface area contributed by atoms with Crippen molar-refractivity contribution >= 4 is 28.9 Å². The summed E-state index contributed by atoms with van der Waals surface area (Å²) in [6.07, 6.45) is 1.25. The van der Waals surface area contributed by atoms with Crippen LogP contribution in [0.25, 0.3) is 10.4 Å². The molecule has 1 fully saturated rings. The van der Waals surface area contributed by atoms with Gasteiger partial charge in [0.25, 0.3) is 5.91 Å². The lowest BCUT2D eigenvalue weighted by atomic mass is 9.82. The largest absolute Gasteiger partial charge is 0.506 e. The number of aromatic hydroxyl groups is 1. The predicted octanol–water partition coefficient (Wildman–Crippen LogP) is 5.33. The number of aryl methyl sites for hydroxylation is 1. The number of nitrogens with one attached hydrogen (secondary N) is 2. The number of amides is 1. The number of carbonyl (C=O) groups is 1. The van der Waals surface area contributed by atoms with Crippen LogP contribution in [0.5, 0.6) is 5.75 Å². The minimum atomic E-state index is -4.58. The third-order valence-corrected chi connectivity index (χ3v) is 7.84. The first kappa shape index (κ1) is 27.5.